The van der Waals surface area contributed by atoms with Gasteiger partial charge in [-0.15, -0.1) is 0 Å². The molecule has 0 radical (unpaired) electrons. The molecule has 0 spiro atoms. The van der Waals surface area contributed by atoms with Crippen molar-refractivity contribution < 1.29 is 9.53 Å². The lowest BCUT2D eigenvalue weighted by atomic mass is 9.85. The van der Waals surface area contributed by atoms with Crippen LogP contribution in [-0.4, -0.2) is 19.5 Å². The van der Waals surface area contributed by atoms with Gasteiger partial charge in [0, 0.05) is 19.6 Å². The van der Waals surface area contributed by atoms with Crippen LogP contribution in [0.1, 0.15) is 39.0 Å². The van der Waals surface area contributed by atoms with Gasteiger partial charge in [0.25, 0.3) is 0 Å². The largest absolute Gasteiger partial charge is 0.381 e. The van der Waals surface area contributed by atoms with Gasteiger partial charge in [0.15, 0.2) is 0 Å². The van der Waals surface area contributed by atoms with Gasteiger partial charge in [-0.1, -0.05) is 11.6 Å². The van der Waals surface area contributed by atoms with Crippen molar-refractivity contribution in [3.05, 3.63) is 11.6 Å². The topological polar surface area (TPSA) is 26.3 Å². The molecule has 2 aliphatic carbocycles. The van der Waals surface area contributed by atoms with Gasteiger partial charge in [-0.25, -0.2) is 0 Å². The first-order valence-electron chi connectivity index (χ1n) is 6.51. The molecule has 0 aromatic heterocycles. The zero-order valence-corrected chi connectivity index (χ0v) is 10.2. The smallest absolute Gasteiger partial charge is 0.120 e. The SMILES string of the molecule is C/C=C1\CC2CC(COCCCC=O)C1C2. The summed E-state index contributed by atoms with van der Waals surface area (Å²) in [5.74, 6) is 2.49. The maximum atomic E-state index is 10.1. The summed E-state index contributed by atoms with van der Waals surface area (Å²) in [4.78, 5) is 10.1. The number of hydrogen-bond acceptors (Lipinski definition) is 2. The molecule has 2 bridgehead atoms. The molecule has 0 saturated heterocycles. The second-order valence-corrected chi connectivity index (χ2v) is 5.16. The van der Waals surface area contributed by atoms with Crippen molar-refractivity contribution in [1.82, 2.24) is 0 Å². The molecule has 90 valence electrons. The molecule has 0 aliphatic heterocycles. The first-order valence-corrected chi connectivity index (χ1v) is 6.51. The Morgan fingerprint density at radius 3 is 3.00 bits per heavy atom. The molecule has 0 N–H and O–H groups in total. The molecule has 16 heavy (non-hydrogen) atoms. The van der Waals surface area contributed by atoms with Crippen LogP contribution in [0.3, 0.4) is 0 Å². The van der Waals surface area contributed by atoms with E-state index in [1.165, 1.54) is 19.3 Å². The van der Waals surface area contributed by atoms with E-state index in [1.807, 2.05) is 0 Å². The third-order valence-electron chi connectivity index (χ3n) is 4.11. The van der Waals surface area contributed by atoms with E-state index in [4.69, 9.17) is 4.74 Å². The average molecular weight is 222 g/mol. The highest BCUT2D eigenvalue weighted by Crippen LogP contribution is 2.51. The second-order valence-electron chi connectivity index (χ2n) is 5.16. The van der Waals surface area contributed by atoms with E-state index in [0.29, 0.717) is 6.42 Å². The van der Waals surface area contributed by atoms with E-state index >= 15 is 0 Å². The lowest BCUT2D eigenvalue weighted by Crippen LogP contribution is -2.19. The number of hydrogen-bond donors (Lipinski definition) is 0. The van der Waals surface area contributed by atoms with E-state index in [-0.39, 0.29) is 0 Å². The van der Waals surface area contributed by atoms with Crippen molar-refractivity contribution >= 4 is 6.29 Å². The standard InChI is InChI=1S/C14H22O2/c1-2-12-7-11-8-13(14(12)9-11)10-16-6-4-3-5-15/h2,5,11,13-14H,3-4,6-10H2,1H3/b12-2+. The van der Waals surface area contributed by atoms with Crippen LogP contribution in [0.15, 0.2) is 11.6 Å². The van der Waals surface area contributed by atoms with Crippen LogP contribution in [0.25, 0.3) is 0 Å². The Bertz CT molecular complexity index is 270. The predicted octanol–water partition coefficient (Wildman–Crippen LogP) is 2.97. The van der Waals surface area contributed by atoms with E-state index in [0.717, 1.165) is 43.7 Å². The van der Waals surface area contributed by atoms with Crippen molar-refractivity contribution in [2.45, 2.75) is 39.0 Å². The second kappa shape index (κ2) is 5.62. The van der Waals surface area contributed by atoms with Crippen LogP contribution >= 0.6 is 0 Å². The Kier molecular flexibility index (Phi) is 4.16. The van der Waals surface area contributed by atoms with Gasteiger partial charge < -0.3 is 9.53 Å². The van der Waals surface area contributed by atoms with Gasteiger partial charge >= 0.3 is 0 Å². The molecule has 2 saturated carbocycles. The van der Waals surface area contributed by atoms with E-state index in [2.05, 4.69) is 13.0 Å². The summed E-state index contributed by atoms with van der Waals surface area (Å²) in [6.07, 6.45) is 8.88. The lowest BCUT2D eigenvalue weighted by Gasteiger charge is -2.24. The quantitative estimate of drug-likeness (QED) is 0.392. The maximum absolute atomic E-state index is 10.1. The molecule has 2 aliphatic rings. The Hall–Kier alpha value is -0.630. The predicted molar refractivity (Wildman–Crippen MR) is 64.2 cm³/mol. The Morgan fingerprint density at radius 2 is 2.31 bits per heavy atom. The fourth-order valence-electron chi connectivity index (χ4n) is 3.37. The van der Waals surface area contributed by atoms with Crippen LogP contribution in [-0.2, 0) is 9.53 Å². The number of ether oxygens (including phenoxy) is 1. The lowest BCUT2D eigenvalue weighted by molar-refractivity contribution is -0.108. The first kappa shape index (κ1) is 11.8. The van der Waals surface area contributed by atoms with Gasteiger partial charge in [0.1, 0.15) is 6.29 Å². The number of carbonyl (C=O) groups is 1. The molecule has 3 atom stereocenters. The summed E-state index contributed by atoms with van der Waals surface area (Å²) in [7, 11) is 0. The fraction of sp³-hybridized carbons (Fsp3) is 0.786. The van der Waals surface area contributed by atoms with Gasteiger partial charge in [0.05, 0.1) is 0 Å². The van der Waals surface area contributed by atoms with Gasteiger partial charge in [0.2, 0.25) is 0 Å². The highest BCUT2D eigenvalue weighted by atomic mass is 16.5. The number of carbonyl (C=O) groups excluding carboxylic acids is 1. The van der Waals surface area contributed by atoms with Crippen LogP contribution in [0.4, 0.5) is 0 Å². The average Bonchev–Trinajstić information content (AvgIpc) is 2.87. The van der Waals surface area contributed by atoms with Crippen molar-refractivity contribution in [3.8, 4) is 0 Å². The molecular weight excluding hydrogens is 200 g/mol. The van der Waals surface area contributed by atoms with Crippen LogP contribution in [0, 0.1) is 17.8 Å². The minimum absolute atomic E-state index is 0.636. The van der Waals surface area contributed by atoms with E-state index in [9.17, 15) is 4.79 Å². The highest BCUT2D eigenvalue weighted by molar-refractivity contribution is 5.48. The monoisotopic (exact) mass is 222 g/mol. The molecule has 0 aromatic rings. The number of rotatable bonds is 6. The fourth-order valence-corrected chi connectivity index (χ4v) is 3.37. The summed E-state index contributed by atoms with van der Waals surface area (Å²) in [5, 5.41) is 0. The Balaban J connectivity index is 1.69. The van der Waals surface area contributed by atoms with Crippen LogP contribution in [0.2, 0.25) is 0 Å². The molecule has 3 unspecified atom stereocenters. The minimum Gasteiger partial charge on any atom is -0.381 e. The summed E-state index contributed by atoms with van der Waals surface area (Å²) in [6, 6.07) is 0. The Morgan fingerprint density at radius 1 is 1.44 bits per heavy atom. The van der Waals surface area contributed by atoms with Crippen molar-refractivity contribution in [2.24, 2.45) is 17.8 Å². The van der Waals surface area contributed by atoms with Crippen molar-refractivity contribution in [2.75, 3.05) is 13.2 Å². The third kappa shape index (κ3) is 2.54. The Labute approximate surface area is 98.1 Å². The van der Waals surface area contributed by atoms with Crippen molar-refractivity contribution in [3.63, 3.8) is 0 Å². The first-order chi connectivity index (χ1) is 7.85. The van der Waals surface area contributed by atoms with Gasteiger partial charge in [-0.05, 0) is 50.4 Å². The molecule has 0 heterocycles. The normalized spacial score (nSPS) is 34.8. The summed E-state index contributed by atoms with van der Waals surface area (Å²) < 4.78 is 5.68. The maximum Gasteiger partial charge on any atom is 0.120 e. The number of fused-ring (bicyclic) bond motifs is 2. The zero-order valence-electron chi connectivity index (χ0n) is 10.2. The van der Waals surface area contributed by atoms with Crippen molar-refractivity contribution in [1.29, 1.82) is 0 Å². The molecule has 2 fully saturated rings. The van der Waals surface area contributed by atoms with Gasteiger partial charge in [-0.2, -0.15) is 0 Å². The van der Waals surface area contributed by atoms with Crippen LogP contribution < -0.4 is 0 Å². The molecule has 2 nitrogen and oxygen atoms in total. The zero-order chi connectivity index (χ0) is 11.4. The minimum atomic E-state index is 0.636. The highest BCUT2D eigenvalue weighted by Gasteiger charge is 2.42. The summed E-state index contributed by atoms with van der Waals surface area (Å²) in [6.45, 7) is 3.81. The number of allylic oxidation sites excluding steroid dienone is 2. The number of aldehydes is 1. The third-order valence-corrected chi connectivity index (χ3v) is 4.11. The van der Waals surface area contributed by atoms with Crippen LogP contribution in [0.5, 0.6) is 0 Å². The summed E-state index contributed by atoms with van der Waals surface area (Å²) >= 11 is 0. The van der Waals surface area contributed by atoms with Gasteiger partial charge in [-0.3, -0.25) is 0 Å². The van der Waals surface area contributed by atoms with E-state index in [1.54, 1.807) is 5.57 Å². The molecule has 0 amide bonds. The molecular formula is C14H22O2. The van der Waals surface area contributed by atoms with E-state index < -0.39 is 0 Å². The molecule has 0 aromatic carbocycles. The molecule has 2 heteroatoms. The summed E-state index contributed by atoms with van der Waals surface area (Å²) in [5.41, 5.74) is 1.66. The number of unbranched alkanes of at least 4 members (excludes halogenated alkanes) is 1. The molecule has 2 rings (SSSR count).